The van der Waals surface area contributed by atoms with Gasteiger partial charge in [0.25, 0.3) is 0 Å². The van der Waals surface area contributed by atoms with Gasteiger partial charge in [0.1, 0.15) is 0 Å². The van der Waals surface area contributed by atoms with Crippen LogP contribution in [0.25, 0.3) is 0 Å². The molecule has 0 saturated carbocycles. The monoisotopic (exact) mass is 174 g/mol. The quantitative estimate of drug-likeness (QED) is 0.459. The van der Waals surface area contributed by atoms with Crippen molar-refractivity contribution >= 4 is 0 Å². The Morgan fingerprint density at radius 3 is 2.00 bits per heavy atom. The maximum atomic E-state index is 5.58. The smallest absolute Gasteiger partial charge is 0.199 e. The Kier molecular flexibility index (Phi) is 4.21. The van der Waals surface area contributed by atoms with E-state index in [0.717, 1.165) is 17.4 Å². The fourth-order valence-electron chi connectivity index (χ4n) is 1.62. The predicted molar refractivity (Wildman–Crippen MR) is 53.0 cm³/mol. The van der Waals surface area contributed by atoms with Crippen LogP contribution in [0.3, 0.4) is 0 Å². The van der Waals surface area contributed by atoms with Gasteiger partial charge >= 0.3 is 0 Å². The molecule has 0 radical (unpaired) electrons. The van der Waals surface area contributed by atoms with Gasteiger partial charge in [0, 0.05) is 20.5 Å². The van der Waals surface area contributed by atoms with Crippen molar-refractivity contribution in [3.63, 3.8) is 0 Å². The SMILES string of the molecule is CCC[N+](C)(C)C(C)(CC)OC. The van der Waals surface area contributed by atoms with E-state index in [-0.39, 0.29) is 5.72 Å². The van der Waals surface area contributed by atoms with E-state index < -0.39 is 0 Å². The first-order valence-electron chi connectivity index (χ1n) is 4.81. The summed E-state index contributed by atoms with van der Waals surface area (Å²) in [7, 11) is 6.27. The third-order valence-electron chi connectivity index (χ3n) is 3.16. The molecule has 74 valence electrons. The molecule has 0 aliphatic heterocycles. The summed E-state index contributed by atoms with van der Waals surface area (Å²) in [6.07, 6.45) is 2.25. The summed E-state index contributed by atoms with van der Waals surface area (Å²) >= 11 is 0. The second-order valence-corrected chi connectivity index (χ2v) is 4.14. The molecule has 0 aliphatic rings. The van der Waals surface area contributed by atoms with Crippen molar-refractivity contribution in [3.8, 4) is 0 Å². The van der Waals surface area contributed by atoms with Gasteiger partial charge in [0.15, 0.2) is 5.72 Å². The standard InChI is InChI=1S/C10H24NO/c1-7-9-11(4,5)10(3,8-2)12-6/h7-9H2,1-6H3/q+1. The van der Waals surface area contributed by atoms with E-state index in [9.17, 15) is 0 Å². The van der Waals surface area contributed by atoms with Crippen molar-refractivity contribution in [1.82, 2.24) is 0 Å². The van der Waals surface area contributed by atoms with Gasteiger partial charge in [-0.25, -0.2) is 0 Å². The van der Waals surface area contributed by atoms with Crippen molar-refractivity contribution in [3.05, 3.63) is 0 Å². The predicted octanol–water partition coefficient (Wildman–Crippen LogP) is 2.25. The van der Waals surface area contributed by atoms with E-state index in [2.05, 4.69) is 34.9 Å². The zero-order valence-electron chi connectivity index (χ0n) is 9.48. The lowest BCUT2D eigenvalue weighted by Gasteiger charge is -2.44. The lowest BCUT2D eigenvalue weighted by Crippen LogP contribution is -2.58. The minimum absolute atomic E-state index is 0.0317. The molecule has 0 aromatic carbocycles. The number of quaternary nitrogens is 1. The van der Waals surface area contributed by atoms with Crippen LogP contribution in [0.1, 0.15) is 33.6 Å². The molecule has 2 nitrogen and oxygen atoms in total. The molecular formula is C10H24NO+. The highest BCUT2D eigenvalue weighted by atomic mass is 16.5. The number of nitrogens with zero attached hydrogens (tertiary/aromatic N) is 1. The van der Waals surface area contributed by atoms with E-state index in [1.54, 1.807) is 7.11 Å². The van der Waals surface area contributed by atoms with Crippen LogP contribution in [-0.4, -0.2) is 38.0 Å². The third kappa shape index (κ3) is 2.20. The maximum absolute atomic E-state index is 5.58. The van der Waals surface area contributed by atoms with Crippen LogP contribution in [0.15, 0.2) is 0 Å². The van der Waals surface area contributed by atoms with Crippen LogP contribution in [0.2, 0.25) is 0 Å². The van der Waals surface area contributed by atoms with Crippen LogP contribution >= 0.6 is 0 Å². The molecule has 0 amide bonds. The van der Waals surface area contributed by atoms with Gasteiger partial charge in [-0.3, -0.25) is 0 Å². The molecule has 0 aromatic rings. The van der Waals surface area contributed by atoms with Gasteiger partial charge in [-0.1, -0.05) is 13.8 Å². The molecule has 0 spiro atoms. The maximum Gasteiger partial charge on any atom is 0.199 e. The summed E-state index contributed by atoms with van der Waals surface area (Å²) in [4.78, 5) is 0. The van der Waals surface area contributed by atoms with Crippen LogP contribution in [0.5, 0.6) is 0 Å². The number of hydrogen-bond donors (Lipinski definition) is 0. The van der Waals surface area contributed by atoms with Crippen molar-refractivity contribution in [2.45, 2.75) is 39.3 Å². The molecule has 0 N–H and O–H groups in total. The minimum Gasteiger partial charge on any atom is -0.330 e. The van der Waals surface area contributed by atoms with Crippen LogP contribution < -0.4 is 0 Å². The van der Waals surface area contributed by atoms with E-state index in [0.29, 0.717) is 0 Å². The molecule has 0 aromatic heterocycles. The van der Waals surface area contributed by atoms with Crippen molar-refractivity contribution < 1.29 is 9.22 Å². The van der Waals surface area contributed by atoms with Crippen LogP contribution in [-0.2, 0) is 4.74 Å². The molecule has 12 heavy (non-hydrogen) atoms. The average molecular weight is 174 g/mol. The zero-order chi connectivity index (χ0) is 9.83. The summed E-state index contributed by atoms with van der Waals surface area (Å²) in [5, 5.41) is 0. The molecule has 0 aliphatic carbocycles. The number of hydrogen-bond acceptors (Lipinski definition) is 1. The van der Waals surface area contributed by atoms with Crippen LogP contribution in [0.4, 0.5) is 0 Å². The topological polar surface area (TPSA) is 9.23 Å². The van der Waals surface area contributed by atoms with E-state index in [1.807, 2.05) is 0 Å². The Balaban J connectivity index is 4.46. The fourth-order valence-corrected chi connectivity index (χ4v) is 1.62. The molecule has 0 heterocycles. The lowest BCUT2D eigenvalue weighted by molar-refractivity contribution is -0.965. The van der Waals surface area contributed by atoms with Gasteiger partial charge in [-0.15, -0.1) is 0 Å². The summed E-state index contributed by atoms with van der Waals surface area (Å²) in [5.74, 6) is 0. The summed E-state index contributed by atoms with van der Waals surface area (Å²) < 4.78 is 6.52. The second kappa shape index (κ2) is 4.24. The first-order chi connectivity index (χ1) is 5.43. The van der Waals surface area contributed by atoms with Gasteiger partial charge in [-0.2, -0.15) is 0 Å². The van der Waals surface area contributed by atoms with Gasteiger partial charge in [0.2, 0.25) is 0 Å². The largest absolute Gasteiger partial charge is 0.330 e. The molecule has 2 heteroatoms. The summed E-state index contributed by atoms with van der Waals surface area (Å²) in [5.41, 5.74) is -0.0317. The van der Waals surface area contributed by atoms with E-state index in [4.69, 9.17) is 4.74 Å². The number of methoxy groups -OCH3 is 1. The van der Waals surface area contributed by atoms with Crippen molar-refractivity contribution in [1.29, 1.82) is 0 Å². The van der Waals surface area contributed by atoms with Gasteiger partial charge in [-0.05, 0) is 6.42 Å². The Bertz CT molecular complexity index is 128. The molecular weight excluding hydrogens is 150 g/mol. The lowest BCUT2D eigenvalue weighted by atomic mass is 10.1. The Hall–Kier alpha value is -0.0800. The molecule has 1 unspecified atom stereocenters. The van der Waals surface area contributed by atoms with Gasteiger partial charge < -0.3 is 9.22 Å². The normalized spacial score (nSPS) is 17.5. The molecule has 0 rings (SSSR count). The summed E-state index contributed by atoms with van der Waals surface area (Å²) in [6.45, 7) is 7.74. The van der Waals surface area contributed by atoms with E-state index in [1.165, 1.54) is 6.42 Å². The molecule has 0 bridgehead atoms. The first-order valence-corrected chi connectivity index (χ1v) is 4.81. The highest BCUT2D eigenvalue weighted by molar-refractivity contribution is 4.59. The molecule has 0 saturated heterocycles. The molecule has 1 atom stereocenters. The third-order valence-corrected chi connectivity index (χ3v) is 3.16. The first kappa shape index (κ1) is 11.9. The Morgan fingerprint density at radius 1 is 1.25 bits per heavy atom. The van der Waals surface area contributed by atoms with Crippen molar-refractivity contribution in [2.75, 3.05) is 27.7 Å². The van der Waals surface area contributed by atoms with Crippen molar-refractivity contribution in [2.24, 2.45) is 0 Å². The van der Waals surface area contributed by atoms with Gasteiger partial charge in [0.05, 0.1) is 20.6 Å². The highest BCUT2D eigenvalue weighted by Crippen LogP contribution is 2.25. The summed E-state index contributed by atoms with van der Waals surface area (Å²) in [6, 6.07) is 0. The average Bonchev–Trinajstić information content (AvgIpc) is 2.02. The van der Waals surface area contributed by atoms with Crippen LogP contribution in [0, 0.1) is 0 Å². The second-order valence-electron chi connectivity index (χ2n) is 4.14. The number of rotatable bonds is 5. The molecule has 0 fully saturated rings. The Labute approximate surface area is 77.1 Å². The Morgan fingerprint density at radius 2 is 1.75 bits per heavy atom. The van der Waals surface area contributed by atoms with E-state index >= 15 is 0 Å². The zero-order valence-corrected chi connectivity index (χ0v) is 9.48. The minimum atomic E-state index is -0.0317. The number of ether oxygens (including phenoxy) is 1. The fraction of sp³-hybridized carbons (Fsp3) is 1.00. The highest BCUT2D eigenvalue weighted by Gasteiger charge is 2.38.